The van der Waals surface area contributed by atoms with Gasteiger partial charge in [-0.1, -0.05) is 6.07 Å². The third-order valence-electron chi connectivity index (χ3n) is 2.64. The lowest BCUT2D eigenvalue weighted by Gasteiger charge is -2.17. The fourth-order valence-corrected chi connectivity index (χ4v) is 2.33. The molecule has 1 atom stereocenters. The molecule has 4 nitrogen and oxygen atoms in total. The van der Waals surface area contributed by atoms with Crippen LogP contribution in [0.1, 0.15) is 30.0 Å². The molecule has 0 aliphatic heterocycles. The molecule has 94 valence electrons. The first kappa shape index (κ1) is 13.9. The summed E-state index contributed by atoms with van der Waals surface area (Å²) >= 11 is 1.49. The average Bonchev–Trinajstić information content (AvgIpc) is 2.29. The number of aryl methyl sites for hydroxylation is 1. The maximum atomic E-state index is 10.5. The van der Waals surface area contributed by atoms with Gasteiger partial charge in [0.1, 0.15) is 5.75 Å². The van der Waals surface area contributed by atoms with E-state index < -0.39 is 12.0 Å². The van der Waals surface area contributed by atoms with Gasteiger partial charge < -0.3 is 15.9 Å². The van der Waals surface area contributed by atoms with Crippen molar-refractivity contribution in [2.75, 3.05) is 6.26 Å². The van der Waals surface area contributed by atoms with Gasteiger partial charge in [-0.25, -0.2) is 0 Å². The van der Waals surface area contributed by atoms with E-state index in [-0.39, 0.29) is 12.2 Å². The van der Waals surface area contributed by atoms with Crippen LogP contribution >= 0.6 is 11.8 Å². The Morgan fingerprint density at radius 1 is 1.53 bits per heavy atom. The number of benzene rings is 1. The summed E-state index contributed by atoms with van der Waals surface area (Å²) in [5, 5.41) is 18.6. The van der Waals surface area contributed by atoms with Crippen LogP contribution in [-0.4, -0.2) is 22.4 Å². The van der Waals surface area contributed by atoms with Crippen LogP contribution in [0.4, 0.5) is 0 Å². The molecular formula is C12H17NO3S. The summed E-state index contributed by atoms with van der Waals surface area (Å²) in [5.41, 5.74) is 7.36. The zero-order chi connectivity index (χ0) is 13.0. The maximum absolute atomic E-state index is 10.5. The first-order valence-electron chi connectivity index (χ1n) is 5.31. The van der Waals surface area contributed by atoms with Crippen molar-refractivity contribution >= 4 is 17.7 Å². The molecule has 1 unspecified atom stereocenters. The minimum atomic E-state index is -0.877. The van der Waals surface area contributed by atoms with Gasteiger partial charge in [-0.3, -0.25) is 4.79 Å². The molecule has 0 radical (unpaired) electrons. The number of nitrogens with two attached hydrogens (primary N) is 1. The van der Waals surface area contributed by atoms with Crippen LogP contribution < -0.4 is 5.73 Å². The minimum absolute atomic E-state index is 0.00235. The molecule has 0 aliphatic carbocycles. The normalized spacial score (nSPS) is 12.4. The highest BCUT2D eigenvalue weighted by atomic mass is 32.2. The van der Waals surface area contributed by atoms with E-state index in [9.17, 15) is 9.90 Å². The molecule has 1 rings (SSSR count). The van der Waals surface area contributed by atoms with Crippen LogP contribution in [0.15, 0.2) is 17.0 Å². The number of carbonyl (C=O) groups is 1. The Bertz CT molecular complexity index is 420. The van der Waals surface area contributed by atoms with Gasteiger partial charge in [-0.05, 0) is 31.2 Å². The van der Waals surface area contributed by atoms with Gasteiger partial charge in [0.2, 0.25) is 0 Å². The number of aromatic hydroxyl groups is 1. The van der Waals surface area contributed by atoms with Gasteiger partial charge >= 0.3 is 5.97 Å². The summed E-state index contributed by atoms with van der Waals surface area (Å²) in [7, 11) is 0. The summed E-state index contributed by atoms with van der Waals surface area (Å²) in [5.74, 6) is -0.701. The van der Waals surface area contributed by atoms with Crippen LogP contribution in [0, 0.1) is 6.92 Å². The van der Waals surface area contributed by atoms with E-state index in [2.05, 4.69) is 0 Å². The van der Waals surface area contributed by atoms with E-state index in [0.29, 0.717) is 12.0 Å². The van der Waals surface area contributed by atoms with Crippen molar-refractivity contribution < 1.29 is 15.0 Å². The predicted octanol–water partition coefficient (Wildman–Crippen LogP) is 2.29. The van der Waals surface area contributed by atoms with E-state index in [1.807, 2.05) is 18.4 Å². The third kappa shape index (κ3) is 3.38. The lowest BCUT2D eigenvalue weighted by Crippen LogP contribution is -2.14. The molecule has 4 N–H and O–H groups in total. The van der Waals surface area contributed by atoms with Gasteiger partial charge in [-0.15, -0.1) is 11.8 Å². The Morgan fingerprint density at radius 3 is 2.71 bits per heavy atom. The quantitative estimate of drug-likeness (QED) is 0.703. The highest BCUT2D eigenvalue weighted by Crippen LogP contribution is 2.36. The minimum Gasteiger partial charge on any atom is -0.507 e. The molecule has 0 spiro atoms. The summed E-state index contributed by atoms with van der Waals surface area (Å²) in [6.45, 7) is 1.80. The highest BCUT2D eigenvalue weighted by Gasteiger charge is 2.17. The lowest BCUT2D eigenvalue weighted by atomic mass is 9.99. The van der Waals surface area contributed by atoms with Crippen molar-refractivity contribution in [3.63, 3.8) is 0 Å². The smallest absolute Gasteiger partial charge is 0.303 e. The number of rotatable bonds is 5. The Labute approximate surface area is 105 Å². The van der Waals surface area contributed by atoms with Crippen molar-refractivity contribution in [2.45, 2.75) is 30.7 Å². The van der Waals surface area contributed by atoms with E-state index in [1.165, 1.54) is 11.8 Å². The predicted molar refractivity (Wildman–Crippen MR) is 68.4 cm³/mol. The molecular weight excluding hydrogens is 238 g/mol. The number of hydrogen-bond acceptors (Lipinski definition) is 4. The molecule has 5 heteroatoms. The Morgan fingerprint density at radius 2 is 2.18 bits per heavy atom. The van der Waals surface area contributed by atoms with Crippen LogP contribution in [-0.2, 0) is 4.79 Å². The fourth-order valence-electron chi connectivity index (χ4n) is 1.66. The molecule has 0 heterocycles. The number of phenolic OH excluding ortho intramolecular Hbond substituents is 1. The second kappa shape index (κ2) is 5.93. The molecule has 0 aliphatic rings. The van der Waals surface area contributed by atoms with Gasteiger partial charge in [0.05, 0.1) is 0 Å². The van der Waals surface area contributed by atoms with Gasteiger partial charge in [-0.2, -0.15) is 0 Å². The van der Waals surface area contributed by atoms with Crippen LogP contribution in [0.5, 0.6) is 5.75 Å². The SMILES string of the molecule is CSc1ccc(C)c(O)c1C(N)CCC(=O)O. The zero-order valence-electron chi connectivity index (χ0n) is 9.93. The average molecular weight is 255 g/mol. The second-order valence-corrected chi connectivity index (χ2v) is 4.73. The van der Waals surface area contributed by atoms with E-state index >= 15 is 0 Å². The summed E-state index contributed by atoms with van der Waals surface area (Å²) < 4.78 is 0. The third-order valence-corrected chi connectivity index (χ3v) is 3.43. The molecule has 1 aromatic carbocycles. The van der Waals surface area contributed by atoms with Crippen molar-refractivity contribution in [1.82, 2.24) is 0 Å². The standard InChI is InChI=1S/C12H17NO3S/c1-7-3-5-9(17-2)11(12(7)16)8(13)4-6-10(14)15/h3,5,8,16H,4,6,13H2,1-2H3,(H,14,15). The zero-order valence-corrected chi connectivity index (χ0v) is 10.8. The first-order valence-corrected chi connectivity index (χ1v) is 6.53. The number of carboxylic acid groups (broad SMARTS) is 1. The Kier molecular flexibility index (Phi) is 4.84. The second-order valence-electron chi connectivity index (χ2n) is 3.89. The van der Waals surface area contributed by atoms with Gasteiger partial charge in [0.25, 0.3) is 0 Å². The van der Waals surface area contributed by atoms with Gasteiger partial charge in [0, 0.05) is 22.9 Å². The molecule has 17 heavy (non-hydrogen) atoms. The lowest BCUT2D eigenvalue weighted by molar-refractivity contribution is -0.137. The molecule has 0 saturated heterocycles. The molecule has 0 amide bonds. The maximum Gasteiger partial charge on any atom is 0.303 e. The molecule has 0 aromatic heterocycles. The molecule has 1 aromatic rings. The van der Waals surface area contributed by atoms with Crippen molar-refractivity contribution in [2.24, 2.45) is 5.73 Å². The largest absolute Gasteiger partial charge is 0.507 e. The van der Waals surface area contributed by atoms with Crippen LogP contribution in [0.25, 0.3) is 0 Å². The number of thioether (sulfide) groups is 1. The number of carboxylic acids is 1. The molecule has 0 saturated carbocycles. The van der Waals surface area contributed by atoms with Crippen LogP contribution in [0.3, 0.4) is 0 Å². The summed E-state index contributed by atoms with van der Waals surface area (Å²) in [6, 6.07) is 3.28. The highest BCUT2D eigenvalue weighted by molar-refractivity contribution is 7.98. The topological polar surface area (TPSA) is 83.5 Å². The summed E-state index contributed by atoms with van der Waals surface area (Å²) in [4.78, 5) is 11.4. The monoisotopic (exact) mass is 255 g/mol. The van der Waals surface area contributed by atoms with E-state index in [0.717, 1.165) is 10.5 Å². The first-order chi connectivity index (χ1) is 7.97. The Hall–Kier alpha value is -1.20. The van der Waals surface area contributed by atoms with Gasteiger partial charge in [0.15, 0.2) is 0 Å². The van der Waals surface area contributed by atoms with Crippen LogP contribution in [0.2, 0.25) is 0 Å². The number of aliphatic carboxylic acids is 1. The summed E-state index contributed by atoms with van der Waals surface area (Å²) in [6.07, 6.45) is 2.22. The number of hydrogen-bond donors (Lipinski definition) is 3. The van der Waals surface area contributed by atoms with Crippen molar-refractivity contribution in [3.05, 3.63) is 23.3 Å². The van der Waals surface area contributed by atoms with Crippen molar-refractivity contribution in [3.8, 4) is 5.75 Å². The Balaban J connectivity index is 3.01. The van der Waals surface area contributed by atoms with E-state index in [1.54, 1.807) is 6.92 Å². The number of phenols is 1. The van der Waals surface area contributed by atoms with E-state index in [4.69, 9.17) is 10.8 Å². The van der Waals surface area contributed by atoms with Crippen molar-refractivity contribution in [1.29, 1.82) is 0 Å². The fraction of sp³-hybridized carbons (Fsp3) is 0.417. The molecule has 0 fully saturated rings. The molecule has 0 bridgehead atoms.